The monoisotopic (exact) mass is 344 g/mol. The zero-order chi connectivity index (χ0) is 18.1. The molecule has 0 aliphatic heterocycles. The summed E-state index contributed by atoms with van der Waals surface area (Å²) >= 11 is 0. The van der Waals surface area contributed by atoms with E-state index in [9.17, 15) is 9.90 Å². The Kier molecular flexibility index (Phi) is 4.77. The Labute approximate surface area is 143 Å². The first-order valence-electron chi connectivity index (χ1n) is 7.99. The number of hydrogen-bond acceptors (Lipinski definition) is 3. The van der Waals surface area contributed by atoms with E-state index in [2.05, 4.69) is 39.9 Å². The van der Waals surface area contributed by atoms with Crippen molar-refractivity contribution in [1.82, 2.24) is 4.57 Å². The highest BCUT2D eigenvalue weighted by Gasteiger charge is 2.39. The molecule has 0 amide bonds. The number of carboxylic acid groups (broad SMARTS) is 1. The van der Waals surface area contributed by atoms with Crippen molar-refractivity contribution < 1.29 is 14.3 Å². The maximum Gasteiger partial charge on any atom is 0.335 e. The van der Waals surface area contributed by atoms with E-state index in [1.54, 1.807) is 12.1 Å². The SMILES string of the molecule is CC(C)(C)[Si](C)(C)Oc1cc(C(=O)O)cc2c1ccn2CCC#N. The second-order valence-electron chi connectivity index (χ2n) is 7.49. The van der Waals surface area contributed by atoms with Crippen LogP contribution in [0.3, 0.4) is 0 Å². The second kappa shape index (κ2) is 6.33. The number of aromatic carboxylic acids is 1. The quantitative estimate of drug-likeness (QED) is 0.802. The first-order chi connectivity index (χ1) is 11.1. The molecule has 0 unspecified atom stereocenters. The molecule has 0 radical (unpaired) electrons. The third-order valence-electron chi connectivity index (χ3n) is 4.73. The fourth-order valence-electron chi connectivity index (χ4n) is 2.26. The van der Waals surface area contributed by atoms with E-state index >= 15 is 0 Å². The molecule has 2 rings (SSSR count). The van der Waals surface area contributed by atoms with E-state index in [0.29, 0.717) is 18.7 Å². The van der Waals surface area contributed by atoms with Gasteiger partial charge >= 0.3 is 5.97 Å². The molecule has 1 N–H and O–H groups in total. The molecule has 1 heterocycles. The zero-order valence-electron chi connectivity index (χ0n) is 14.9. The van der Waals surface area contributed by atoms with Gasteiger partial charge in [0.1, 0.15) is 5.75 Å². The third-order valence-corrected chi connectivity index (χ3v) is 9.08. The van der Waals surface area contributed by atoms with Crippen molar-refractivity contribution in [2.45, 2.75) is 51.9 Å². The molecule has 5 nitrogen and oxygen atoms in total. The van der Waals surface area contributed by atoms with Crippen LogP contribution in [0.5, 0.6) is 5.75 Å². The van der Waals surface area contributed by atoms with Gasteiger partial charge in [-0.1, -0.05) is 20.8 Å². The van der Waals surface area contributed by atoms with Crippen molar-refractivity contribution in [3.05, 3.63) is 30.0 Å². The molecule has 24 heavy (non-hydrogen) atoms. The van der Waals surface area contributed by atoms with Crippen LogP contribution in [0.15, 0.2) is 24.4 Å². The minimum absolute atomic E-state index is 0.0158. The van der Waals surface area contributed by atoms with Gasteiger partial charge in [0.15, 0.2) is 0 Å². The van der Waals surface area contributed by atoms with Crippen LogP contribution in [-0.4, -0.2) is 24.0 Å². The number of aryl methyl sites for hydroxylation is 1. The Morgan fingerprint density at radius 1 is 1.38 bits per heavy atom. The standard InChI is InChI=1S/C18H24N2O3Si/c1-18(2,3)24(4,5)23-16-12-13(17(21)22)11-15-14(16)7-10-20(15)9-6-8-19/h7,10-12H,6,9H2,1-5H3,(H,21,22). The number of carbonyl (C=O) groups is 1. The van der Waals surface area contributed by atoms with Crippen molar-refractivity contribution in [2.75, 3.05) is 0 Å². The molecule has 0 aliphatic rings. The minimum Gasteiger partial charge on any atom is -0.543 e. The fraction of sp³-hybridized carbons (Fsp3) is 0.444. The summed E-state index contributed by atoms with van der Waals surface area (Å²) in [6.07, 6.45) is 2.26. The van der Waals surface area contributed by atoms with Gasteiger partial charge in [0.05, 0.1) is 23.6 Å². The molecular weight excluding hydrogens is 320 g/mol. The summed E-state index contributed by atoms with van der Waals surface area (Å²) in [6, 6.07) is 7.31. The number of benzene rings is 1. The van der Waals surface area contributed by atoms with Crippen LogP contribution in [0, 0.1) is 11.3 Å². The molecule has 128 valence electrons. The van der Waals surface area contributed by atoms with Gasteiger partial charge in [-0.2, -0.15) is 5.26 Å². The highest BCUT2D eigenvalue weighted by atomic mass is 28.4. The zero-order valence-corrected chi connectivity index (χ0v) is 15.9. The topological polar surface area (TPSA) is 75.2 Å². The Balaban J connectivity index is 2.58. The van der Waals surface area contributed by atoms with Crippen molar-refractivity contribution in [1.29, 1.82) is 5.26 Å². The predicted octanol–water partition coefficient (Wildman–Crippen LogP) is 4.64. The summed E-state index contributed by atoms with van der Waals surface area (Å²) in [7, 11) is -2.09. The van der Waals surface area contributed by atoms with E-state index in [4.69, 9.17) is 9.69 Å². The van der Waals surface area contributed by atoms with E-state index < -0.39 is 14.3 Å². The maximum atomic E-state index is 11.5. The van der Waals surface area contributed by atoms with Gasteiger partial charge in [0.2, 0.25) is 0 Å². The number of nitriles is 1. The number of rotatable bonds is 5. The average Bonchev–Trinajstić information content (AvgIpc) is 2.86. The Morgan fingerprint density at radius 2 is 2.04 bits per heavy atom. The molecule has 0 aliphatic carbocycles. The summed E-state index contributed by atoms with van der Waals surface area (Å²) in [4.78, 5) is 11.5. The number of aromatic nitrogens is 1. The summed E-state index contributed by atoms with van der Waals surface area (Å²) in [6.45, 7) is 11.3. The summed E-state index contributed by atoms with van der Waals surface area (Å²) < 4.78 is 8.29. The molecule has 2 aromatic rings. The van der Waals surface area contributed by atoms with Crippen molar-refractivity contribution >= 4 is 25.2 Å². The molecule has 0 fully saturated rings. The third kappa shape index (κ3) is 3.46. The van der Waals surface area contributed by atoms with Gasteiger partial charge in [-0.25, -0.2) is 4.79 Å². The predicted molar refractivity (Wildman–Crippen MR) is 97.0 cm³/mol. The summed E-state index contributed by atoms with van der Waals surface area (Å²) in [5.41, 5.74) is 0.993. The van der Waals surface area contributed by atoms with Gasteiger partial charge in [0.25, 0.3) is 8.32 Å². The molecule has 0 bridgehead atoms. The first-order valence-corrected chi connectivity index (χ1v) is 10.9. The molecule has 0 saturated carbocycles. The Hall–Kier alpha value is -2.26. The number of hydrogen-bond donors (Lipinski definition) is 1. The fourth-order valence-corrected chi connectivity index (χ4v) is 3.29. The van der Waals surface area contributed by atoms with E-state index in [-0.39, 0.29) is 10.6 Å². The normalized spacial score (nSPS) is 12.2. The van der Waals surface area contributed by atoms with Crippen molar-refractivity contribution in [2.24, 2.45) is 0 Å². The van der Waals surface area contributed by atoms with Crippen LogP contribution in [0.2, 0.25) is 18.1 Å². The maximum absolute atomic E-state index is 11.5. The minimum atomic E-state index is -2.09. The van der Waals surface area contributed by atoms with Gasteiger partial charge in [-0.15, -0.1) is 0 Å². The molecular formula is C18H24N2O3Si. The Morgan fingerprint density at radius 3 is 2.58 bits per heavy atom. The van der Waals surface area contributed by atoms with Crippen LogP contribution >= 0.6 is 0 Å². The van der Waals surface area contributed by atoms with Crippen LogP contribution in [-0.2, 0) is 6.54 Å². The lowest BCUT2D eigenvalue weighted by Gasteiger charge is -2.36. The molecule has 1 aromatic carbocycles. The molecule has 0 atom stereocenters. The van der Waals surface area contributed by atoms with Gasteiger partial charge < -0.3 is 14.1 Å². The van der Waals surface area contributed by atoms with Gasteiger partial charge in [-0.3, -0.25) is 0 Å². The summed E-state index contributed by atoms with van der Waals surface area (Å²) in [5.74, 6) is -0.364. The number of carboxylic acids is 1. The molecule has 6 heteroatoms. The van der Waals surface area contributed by atoms with Crippen LogP contribution < -0.4 is 4.43 Å². The highest BCUT2D eigenvalue weighted by Crippen LogP contribution is 2.40. The lowest BCUT2D eigenvalue weighted by Crippen LogP contribution is -2.43. The van der Waals surface area contributed by atoms with Crippen LogP contribution in [0.25, 0.3) is 10.9 Å². The van der Waals surface area contributed by atoms with Crippen molar-refractivity contribution in [3.63, 3.8) is 0 Å². The van der Waals surface area contributed by atoms with E-state index in [1.165, 1.54) is 0 Å². The molecule has 0 spiro atoms. The first kappa shape index (κ1) is 18.1. The summed E-state index contributed by atoms with van der Waals surface area (Å²) in [5, 5.41) is 19.1. The largest absolute Gasteiger partial charge is 0.543 e. The highest BCUT2D eigenvalue weighted by molar-refractivity contribution is 6.74. The van der Waals surface area contributed by atoms with Crippen molar-refractivity contribution in [3.8, 4) is 11.8 Å². The Bertz CT molecular complexity index is 810. The second-order valence-corrected chi connectivity index (χ2v) is 12.2. The molecule has 0 saturated heterocycles. The van der Waals surface area contributed by atoms with E-state index in [1.807, 2.05) is 16.8 Å². The number of nitrogens with zero attached hydrogens (tertiary/aromatic N) is 2. The van der Waals surface area contributed by atoms with Crippen LogP contribution in [0.1, 0.15) is 37.6 Å². The van der Waals surface area contributed by atoms with Gasteiger partial charge in [0, 0.05) is 18.1 Å². The van der Waals surface area contributed by atoms with Crippen LogP contribution in [0.4, 0.5) is 0 Å². The lowest BCUT2D eigenvalue weighted by atomic mass is 10.1. The average molecular weight is 344 g/mol. The van der Waals surface area contributed by atoms with Gasteiger partial charge in [-0.05, 0) is 36.3 Å². The lowest BCUT2D eigenvalue weighted by molar-refractivity contribution is 0.0696. The molecule has 1 aromatic heterocycles. The smallest absolute Gasteiger partial charge is 0.335 e. The number of fused-ring (bicyclic) bond motifs is 1. The van der Waals surface area contributed by atoms with E-state index in [0.717, 1.165) is 10.9 Å².